The number of hydrogen-bond acceptors (Lipinski definition) is 3. The van der Waals surface area contributed by atoms with E-state index >= 15 is 0 Å². The molecule has 3 nitrogen and oxygen atoms in total. The Morgan fingerprint density at radius 2 is 1.86 bits per heavy atom. The van der Waals surface area contributed by atoms with Gasteiger partial charge in [-0.15, -0.1) is 0 Å². The summed E-state index contributed by atoms with van der Waals surface area (Å²) in [7, 11) is 0. The first-order valence-corrected chi connectivity index (χ1v) is 7.39. The number of fused-ring (bicyclic) bond motifs is 2. The Hall–Kier alpha value is -2.26. The third-order valence-electron chi connectivity index (χ3n) is 4.30. The van der Waals surface area contributed by atoms with Gasteiger partial charge in [-0.2, -0.15) is 0 Å². The third kappa shape index (κ3) is 2.01. The first-order valence-electron chi connectivity index (χ1n) is 7.39. The normalized spacial score (nSPS) is 13.9. The zero-order valence-electron chi connectivity index (χ0n) is 11.9. The molecule has 0 aliphatic carbocycles. The zero-order valence-corrected chi connectivity index (χ0v) is 11.9. The molecule has 4 rings (SSSR count). The topological polar surface area (TPSA) is 42.4 Å². The molecular formula is C18H18N2O. The van der Waals surface area contributed by atoms with Crippen molar-refractivity contribution in [2.24, 2.45) is 5.73 Å². The zero-order chi connectivity index (χ0) is 14.2. The van der Waals surface area contributed by atoms with Crippen LogP contribution in [-0.2, 0) is 19.5 Å². The Labute approximate surface area is 124 Å². The minimum atomic E-state index is 0.516. The number of nitrogens with zero attached hydrogens (tertiary/aromatic N) is 1. The van der Waals surface area contributed by atoms with E-state index < -0.39 is 0 Å². The summed E-state index contributed by atoms with van der Waals surface area (Å²) < 4.78 is 6.05. The molecular weight excluding hydrogens is 260 g/mol. The van der Waals surface area contributed by atoms with Crippen LogP contribution in [0.25, 0.3) is 11.0 Å². The molecule has 21 heavy (non-hydrogen) atoms. The fraction of sp³-hybridized carbons (Fsp3) is 0.222. The van der Waals surface area contributed by atoms with Crippen molar-refractivity contribution >= 4 is 16.7 Å². The summed E-state index contributed by atoms with van der Waals surface area (Å²) in [5.41, 5.74) is 10.8. The average molecular weight is 278 g/mol. The molecule has 0 unspecified atom stereocenters. The van der Waals surface area contributed by atoms with Crippen LogP contribution in [0.15, 0.2) is 52.9 Å². The Morgan fingerprint density at radius 3 is 2.76 bits per heavy atom. The lowest BCUT2D eigenvalue weighted by Gasteiger charge is -2.18. The number of nitrogens with two attached hydrogens (primary N) is 1. The second-order valence-corrected chi connectivity index (χ2v) is 5.50. The smallest absolute Gasteiger partial charge is 0.134 e. The molecule has 1 aliphatic heterocycles. The highest BCUT2D eigenvalue weighted by Gasteiger charge is 2.21. The average Bonchev–Trinajstić information content (AvgIpc) is 3.09. The van der Waals surface area contributed by atoms with Gasteiger partial charge < -0.3 is 15.1 Å². The van der Waals surface area contributed by atoms with Crippen molar-refractivity contribution in [2.75, 3.05) is 11.4 Å². The van der Waals surface area contributed by atoms with Gasteiger partial charge in [0.2, 0.25) is 0 Å². The highest BCUT2D eigenvalue weighted by molar-refractivity contribution is 5.82. The van der Waals surface area contributed by atoms with Crippen LogP contribution in [0.4, 0.5) is 5.69 Å². The summed E-state index contributed by atoms with van der Waals surface area (Å²) in [6.07, 6.45) is 1.11. The molecule has 0 spiro atoms. The standard InChI is InChI=1S/C18H18N2O/c19-11-15-14-6-2-4-8-17(14)21-18(15)12-20-10-9-13-5-1-3-7-16(13)20/h1-8H,9-12,19H2. The largest absolute Gasteiger partial charge is 0.459 e. The molecule has 0 fully saturated rings. The van der Waals surface area contributed by atoms with Crippen molar-refractivity contribution in [1.82, 2.24) is 0 Å². The third-order valence-corrected chi connectivity index (χ3v) is 4.30. The maximum atomic E-state index is 6.05. The summed E-state index contributed by atoms with van der Waals surface area (Å²) in [6, 6.07) is 16.7. The quantitative estimate of drug-likeness (QED) is 0.798. The first kappa shape index (κ1) is 12.5. The molecule has 1 aliphatic rings. The molecule has 0 saturated carbocycles. The molecule has 3 heteroatoms. The molecule has 0 radical (unpaired) electrons. The van der Waals surface area contributed by atoms with E-state index in [1.165, 1.54) is 11.3 Å². The lowest BCUT2D eigenvalue weighted by Crippen LogP contribution is -2.20. The van der Waals surface area contributed by atoms with Crippen LogP contribution >= 0.6 is 0 Å². The molecule has 106 valence electrons. The van der Waals surface area contributed by atoms with E-state index in [4.69, 9.17) is 10.2 Å². The number of anilines is 1. The van der Waals surface area contributed by atoms with Crippen molar-refractivity contribution in [1.29, 1.82) is 0 Å². The summed E-state index contributed by atoms with van der Waals surface area (Å²) in [5, 5.41) is 1.14. The second kappa shape index (κ2) is 4.93. The predicted molar refractivity (Wildman–Crippen MR) is 85.3 cm³/mol. The van der Waals surface area contributed by atoms with Crippen LogP contribution in [0.5, 0.6) is 0 Å². The predicted octanol–water partition coefficient (Wildman–Crippen LogP) is 3.45. The van der Waals surface area contributed by atoms with Gasteiger partial charge in [-0.05, 0) is 24.1 Å². The van der Waals surface area contributed by atoms with Gasteiger partial charge in [0.1, 0.15) is 11.3 Å². The van der Waals surface area contributed by atoms with Crippen molar-refractivity contribution < 1.29 is 4.42 Å². The summed E-state index contributed by atoms with van der Waals surface area (Å²) in [6.45, 7) is 2.35. The van der Waals surface area contributed by atoms with Gasteiger partial charge in [-0.25, -0.2) is 0 Å². The highest BCUT2D eigenvalue weighted by atomic mass is 16.3. The van der Waals surface area contributed by atoms with Gasteiger partial charge >= 0.3 is 0 Å². The van der Waals surface area contributed by atoms with Crippen LogP contribution in [0.3, 0.4) is 0 Å². The van der Waals surface area contributed by atoms with Crippen molar-refractivity contribution in [2.45, 2.75) is 19.5 Å². The Morgan fingerprint density at radius 1 is 1.05 bits per heavy atom. The molecule has 0 bridgehead atoms. The fourth-order valence-electron chi connectivity index (χ4n) is 3.25. The Bertz CT molecular complexity index is 791. The monoisotopic (exact) mass is 278 g/mol. The fourth-order valence-corrected chi connectivity index (χ4v) is 3.25. The lowest BCUT2D eigenvalue weighted by molar-refractivity contribution is 0.535. The van der Waals surface area contributed by atoms with Crippen LogP contribution in [0.2, 0.25) is 0 Å². The summed E-state index contributed by atoms with van der Waals surface area (Å²) >= 11 is 0. The number of para-hydroxylation sites is 2. The van der Waals surface area contributed by atoms with Crippen LogP contribution in [-0.4, -0.2) is 6.54 Å². The molecule has 2 heterocycles. The molecule has 3 aromatic rings. The Balaban J connectivity index is 1.72. The van der Waals surface area contributed by atoms with Crippen LogP contribution < -0.4 is 10.6 Å². The molecule has 0 saturated heterocycles. The van der Waals surface area contributed by atoms with Crippen molar-refractivity contribution in [3.8, 4) is 0 Å². The van der Waals surface area contributed by atoms with Gasteiger partial charge in [0.25, 0.3) is 0 Å². The lowest BCUT2D eigenvalue weighted by atomic mass is 10.1. The van der Waals surface area contributed by atoms with Gasteiger partial charge in [0.15, 0.2) is 0 Å². The highest BCUT2D eigenvalue weighted by Crippen LogP contribution is 2.32. The Kier molecular flexibility index (Phi) is 2.93. The van der Waals surface area contributed by atoms with Crippen molar-refractivity contribution in [3.05, 3.63) is 65.4 Å². The first-order chi connectivity index (χ1) is 10.4. The van der Waals surface area contributed by atoms with Crippen LogP contribution in [0.1, 0.15) is 16.9 Å². The number of benzene rings is 2. The van der Waals surface area contributed by atoms with Gasteiger partial charge in [-0.3, -0.25) is 0 Å². The maximum absolute atomic E-state index is 6.05. The molecule has 2 N–H and O–H groups in total. The maximum Gasteiger partial charge on any atom is 0.134 e. The van der Waals surface area contributed by atoms with E-state index in [-0.39, 0.29) is 0 Å². The van der Waals surface area contributed by atoms with E-state index in [9.17, 15) is 0 Å². The minimum Gasteiger partial charge on any atom is -0.459 e. The van der Waals surface area contributed by atoms with Gasteiger partial charge in [0, 0.05) is 29.7 Å². The molecule has 0 amide bonds. The summed E-state index contributed by atoms with van der Waals surface area (Å²) in [4.78, 5) is 2.38. The molecule has 1 aromatic heterocycles. The van der Waals surface area contributed by atoms with E-state index in [1.54, 1.807) is 0 Å². The van der Waals surface area contributed by atoms with E-state index in [0.29, 0.717) is 6.54 Å². The van der Waals surface area contributed by atoms with Gasteiger partial charge in [-0.1, -0.05) is 36.4 Å². The molecule has 0 atom stereocenters. The van der Waals surface area contributed by atoms with E-state index in [0.717, 1.165) is 41.8 Å². The second-order valence-electron chi connectivity index (χ2n) is 5.50. The number of rotatable bonds is 3. The van der Waals surface area contributed by atoms with Gasteiger partial charge in [0.05, 0.1) is 6.54 Å². The van der Waals surface area contributed by atoms with Crippen LogP contribution in [0, 0.1) is 0 Å². The number of furan rings is 1. The molecule has 2 aromatic carbocycles. The number of hydrogen-bond donors (Lipinski definition) is 1. The summed E-state index contributed by atoms with van der Waals surface area (Å²) in [5.74, 6) is 0.996. The van der Waals surface area contributed by atoms with Crippen molar-refractivity contribution in [3.63, 3.8) is 0 Å². The minimum absolute atomic E-state index is 0.516. The van der Waals surface area contributed by atoms with E-state index in [2.05, 4.69) is 35.2 Å². The van der Waals surface area contributed by atoms with E-state index in [1.807, 2.05) is 18.2 Å². The SMILES string of the molecule is NCc1c(CN2CCc3ccccc32)oc2ccccc12.